The van der Waals surface area contributed by atoms with Crippen LogP contribution in [-0.2, 0) is 6.18 Å². The molecule has 0 spiro atoms. The number of piperazine rings is 1. The summed E-state index contributed by atoms with van der Waals surface area (Å²) >= 11 is 1.29. The number of carbonyl (C=O) groups excluding carboxylic acids is 1. The van der Waals surface area contributed by atoms with Crippen LogP contribution in [0.15, 0.2) is 53.9 Å². The zero-order valence-corrected chi connectivity index (χ0v) is 18.6. The van der Waals surface area contributed by atoms with Gasteiger partial charge in [-0.1, -0.05) is 18.2 Å². The molecular weight excluding hydrogens is 437 g/mol. The summed E-state index contributed by atoms with van der Waals surface area (Å²) in [6, 6.07) is 12.3. The van der Waals surface area contributed by atoms with E-state index in [0.29, 0.717) is 22.1 Å². The number of nitrogens with zero attached hydrogens (tertiary/aromatic N) is 3. The van der Waals surface area contributed by atoms with Gasteiger partial charge in [-0.2, -0.15) is 13.2 Å². The number of nitrogens with one attached hydrogen (secondary N) is 1. The summed E-state index contributed by atoms with van der Waals surface area (Å²) in [6.07, 6.45) is -4.40. The fourth-order valence-corrected chi connectivity index (χ4v) is 4.30. The lowest BCUT2D eigenvalue weighted by Crippen LogP contribution is -2.56. The van der Waals surface area contributed by atoms with Crippen molar-refractivity contribution >= 4 is 28.1 Å². The lowest BCUT2D eigenvalue weighted by Gasteiger charge is -2.39. The van der Waals surface area contributed by atoms with E-state index in [1.54, 1.807) is 12.1 Å². The molecule has 1 amide bonds. The van der Waals surface area contributed by atoms with Gasteiger partial charge in [0.15, 0.2) is 5.13 Å². The van der Waals surface area contributed by atoms with Crippen LogP contribution in [0.4, 0.5) is 24.0 Å². The van der Waals surface area contributed by atoms with Crippen LogP contribution >= 0.6 is 11.3 Å². The first-order valence-corrected chi connectivity index (χ1v) is 11.1. The number of alkyl halides is 3. The van der Waals surface area contributed by atoms with Crippen molar-refractivity contribution in [2.24, 2.45) is 0 Å². The molecule has 1 aliphatic heterocycles. The molecule has 9 heteroatoms. The Morgan fingerprint density at radius 2 is 1.81 bits per heavy atom. The highest BCUT2D eigenvalue weighted by Gasteiger charge is 2.30. The topological polar surface area (TPSA) is 45.2 Å². The molecule has 0 unspecified atom stereocenters. The SMILES string of the molecule is C[N+]1(C)CCN(C(=O)c2cccc(-c3csc(Nc4cccc(C(F)(F)F)c4)n3)c2)CC1. The van der Waals surface area contributed by atoms with Gasteiger partial charge in [-0.05, 0) is 30.3 Å². The fraction of sp³-hybridized carbons (Fsp3) is 0.304. The molecule has 4 rings (SSSR count). The molecule has 0 atom stereocenters. The molecule has 1 aliphatic rings. The van der Waals surface area contributed by atoms with Gasteiger partial charge in [-0.3, -0.25) is 4.79 Å². The second-order valence-electron chi connectivity index (χ2n) is 8.50. The standard InChI is InChI=1S/C23H24F3N4OS/c1-30(2)11-9-29(10-12-30)21(31)17-6-3-5-16(13-17)20-15-32-22(28-20)27-19-8-4-7-18(14-19)23(24,25)26/h3-8,13-15H,9-12H2,1-2H3,(H,27,28)/q+1. The molecule has 1 fully saturated rings. The number of hydrogen-bond acceptors (Lipinski definition) is 4. The van der Waals surface area contributed by atoms with Crippen LogP contribution in [0, 0.1) is 0 Å². The molecule has 0 aliphatic carbocycles. The van der Waals surface area contributed by atoms with Crippen LogP contribution < -0.4 is 5.32 Å². The van der Waals surface area contributed by atoms with Crippen LogP contribution in [0.25, 0.3) is 11.3 Å². The van der Waals surface area contributed by atoms with Crippen molar-refractivity contribution in [2.75, 3.05) is 45.6 Å². The molecule has 168 valence electrons. The summed E-state index contributed by atoms with van der Waals surface area (Å²) in [7, 11) is 4.32. The number of amides is 1. The van der Waals surface area contributed by atoms with Gasteiger partial charge in [0, 0.05) is 22.2 Å². The number of aromatic nitrogens is 1. The number of halogens is 3. The highest BCUT2D eigenvalue weighted by atomic mass is 32.1. The first kappa shape index (κ1) is 22.3. The highest BCUT2D eigenvalue weighted by Crippen LogP contribution is 2.33. The minimum atomic E-state index is -4.40. The highest BCUT2D eigenvalue weighted by molar-refractivity contribution is 7.14. The van der Waals surface area contributed by atoms with E-state index in [2.05, 4.69) is 24.4 Å². The number of thiazole rings is 1. The molecule has 2 heterocycles. The van der Waals surface area contributed by atoms with E-state index in [1.165, 1.54) is 17.4 Å². The fourth-order valence-electron chi connectivity index (χ4n) is 3.56. The number of benzene rings is 2. The van der Waals surface area contributed by atoms with Gasteiger partial charge < -0.3 is 14.7 Å². The van der Waals surface area contributed by atoms with Crippen LogP contribution in [0.1, 0.15) is 15.9 Å². The third kappa shape index (κ3) is 5.11. The van der Waals surface area contributed by atoms with Gasteiger partial charge in [0.25, 0.3) is 5.91 Å². The van der Waals surface area contributed by atoms with Crippen LogP contribution in [0.2, 0.25) is 0 Å². The maximum Gasteiger partial charge on any atom is 0.416 e. The number of rotatable bonds is 4. The van der Waals surface area contributed by atoms with Crippen LogP contribution in [0.3, 0.4) is 0 Å². The Morgan fingerprint density at radius 3 is 2.53 bits per heavy atom. The molecule has 1 saturated heterocycles. The zero-order valence-electron chi connectivity index (χ0n) is 17.8. The zero-order chi connectivity index (χ0) is 22.9. The first-order valence-electron chi connectivity index (χ1n) is 10.2. The molecular formula is C23H24F3N4OS+. The molecule has 0 saturated carbocycles. The summed E-state index contributed by atoms with van der Waals surface area (Å²) in [5.41, 5.74) is 1.66. The van der Waals surface area contributed by atoms with E-state index in [9.17, 15) is 18.0 Å². The lowest BCUT2D eigenvalue weighted by atomic mass is 10.1. The summed E-state index contributed by atoms with van der Waals surface area (Å²) < 4.78 is 39.7. The van der Waals surface area contributed by atoms with E-state index >= 15 is 0 Å². The van der Waals surface area contributed by atoms with Crippen LogP contribution in [-0.4, -0.2) is 60.5 Å². The molecule has 0 radical (unpaired) electrons. The summed E-state index contributed by atoms with van der Waals surface area (Å²) in [5, 5.41) is 5.23. The van der Waals surface area contributed by atoms with Crippen LogP contribution in [0.5, 0.6) is 0 Å². The quantitative estimate of drug-likeness (QED) is 0.550. The normalized spacial score (nSPS) is 16.1. The third-order valence-corrected chi connectivity index (χ3v) is 6.35. The number of likely N-dealkylation sites (N-methyl/N-ethyl adjacent to an activating group) is 1. The number of carbonyl (C=O) groups is 1. The van der Waals surface area contributed by atoms with Crippen molar-refractivity contribution < 1.29 is 22.4 Å². The second-order valence-corrected chi connectivity index (χ2v) is 9.36. The maximum absolute atomic E-state index is 13.0. The number of anilines is 2. The van der Waals surface area contributed by atoms with E-state index in [4.69, 9.17) is 0 Å². The van der Waals surface area contributed by atoms with Gasteiger partial charge in [-0.25, -0.2) is 4.98 Å². The first-order chi connectivity index (χ1) is 15.1. The number of quaternary nitrogens is 1. The maximum atomic E-state index is 13.0. The average Bonchev–Trinajstić information content (AvgIpc) is 3.21. The molecule has 1 aromatic heterocycles. The largest absolute Gasteiger partial charge is 0.416 e. The van der Waals surface area contributed by atoms with E-state index in [-0.39, 0.29) is 5.91 Å². The van der Waals surface area contributed by atoms with E-state index < -0.39 is 11.7 Å². The lowest BCUT2D eigenvalue weighted by molar-refractivity contribution is -0.894. The minimum absolute atomic E-state index is 0.00379. The average molecular weight is 462 g/mol. The van der Waals surface area contributed by atoms with Gasteiger partial charge in [0.2, 0.25) is 0 Å². The molecule has 1 N–H and O–H groups in total. The van der Waals surface area contributed by atoms with Gasteiger partial charge in [0.1, 0.15) is 0 Å². The van der Waals surface area contributed by atoms with E-state index in [0.717, 1.165) is 48.4 Å². The van der Waals surface area contributed by atoms with Crippen molar-refractivity contribution in [3.63, 3.8) is 0 Å². The molecule has 0 bridgehead atoms. The van der Waals surface area contributed by atoms with Crippen molar-refractivity contribution in [1.82, 2.24) is 9.88 Å². The van der Waals surface area contributed by atoms with E-state index in [1.807, 2.05) is 28.5 Å². The monoisotopic (exact) mass is 461 g/mol. The van der Waals surface area contributed by atoms with Crippen molar-refractivity contribution in [3.8, 4) is 11.3 Å². The third-order valence-electron chi connectivity index (χ3n) is 5.59. The Hall–Kier alpha value is -2.91. The Bertz CT molecular complexity index is 1120. The van der Waals surface area contributed by atoms with Gasteiger partial charge in [0.05, 0.1) is 51.5 Å². The number of hydrogen-bond donors (Lipinski definition) is 1. The molecule has 32 heavy (non-hydrogen) atoms. The molecule has 3 aromatic rings. The summed E-state index contributed by atoms with van der Waals surface area (Å²) in [4.78, 5) is 19.3. The second kappa shape index (κ2) is 8.55. The Kier molecular flexibility index (Phi) is 5.96. The van der Waals surface area contributed by atoms with Crippen molar-refractivity contribution in [2.45, 2.75) is 6.18 Å². The smallest absolute Gasteiger partial charge is 0.332 e. The summed E-state index contributed by atoms with van der Waals surface area (Å²) in [5.74, 6) is 0.00379. The summed E-state index contributed by atoms with van der Waals surface area (Å²) in [6.45, 7) is 3.28. The van der Waals surface area contributed by atoms with Crippen molar-refractivity contribution in [3.05, 3.63) is 65.0 Å². The molecule has 5 nitrogen and oxygen atoms in total. The Morgan fingerprint density at radius 1 is 1.09 bits per heavy atom. The predicted octanol–water partition coefficient (Wildman–Crippen LogP) is 5.10. The predicted molar refractivity (Wildman–Crippen MR) is 120 cm³/mol. The Labute approximate surface area is 188 Å². The van der Waals surface area contributed by atoms with Gasteiger partial charge in [-0.15, -0.1) is 11.3 Å². The Balaban J connectivity index is 1.48. The minimum Gasteiger partial charge on any atom is -0.332 e. The van der Waals surface area contributed by atoms with Gasteiger partial charge >= 0.3 is 6.18 Å². The van der Waals surface area contributed by atoms with Crippen molar-refractivity contribution in [1.29, 1.82) is 0 Å². The molecule has 2 aromatic carbocycles.